The van der Waals surface area contributed by atoms with Gasteiger partial charge in [-0.25, -0.2) is 0 Å². The molecule has 2 aromatic rings. The van der Waals surface area contributed by atoms with E-state index in [2.05, 4.69) is 51.2 Å². The highest BCUT2D eigenvalue weighted by molar-refractivity contribution is 7.80. The van der Waals surface area contributed by atoms with Crippen LogP contribution in [-0.4, -0.2) is 26.1 Å². The van der Waals surface area contributed by atoms with Crippen molar-refractivity contribution in [3.63, 3.8) is 0 Å². The third-order valence-corrected chi connectivity index (χ3v) is 4.09. The summed E-state index contributed by atoms with van der Waals surface area (Å²) < 4.78 is 2.07. The highest BCUT2D eigenvalue weighted by Gasteiger charge is 2.39. The number of thiocarbonyl (C=S) groups is 1. The maximum absolute atomic E-state index is 5.48. The largest absolute Gasteiger partial charge is 0.357 e. The molecular formula is C15H18N4S. The van der Waals surface area contributed by atoms with Crippen molar-refractivity contribution in [1.82, 2.24) is 19.8 Å². The molecule has 0 amide bonds. The molecule has 3 heterocycles. The van der Waals surface area contributed by atoms with E-state index in [-0.39, 0.29) is 12.1 Å². The van der Waals surface area contributed by atoms with Gasteiger partial charge in [0, 0.05) is 32.2 Å². The lowest BCUT2D eigenvalue weighted by atomic mass is 9.99. The quantitative estimate of drug-likeness (QED) is 0.879. The van der Waals surface area contributed by atoms with Gasteiger partial charge in [-0.05, 0) is 42.9 Å². The standard InChI is InChI=1S/C15H18N4S/c1-3-19-14(11-7-9-18(2)10-11)13(17-15(19)20)12-6-4-5-8-16-12/h4-10,13-14H,3H2,1-2H3,(H,17,20)/t13-,14+/m0/s1. The fourth-order valence-corrected chi connectivity index (χ4v) is 3.18. The van der Waals surface area contributed by atoms with E-state index < -0.39 is 0 Å². The minimum Gasteiger partial charge on any atom is -0.357 e. The van der Waals surface area contributed by atoms with Crippen LogP contribution in [0.15, 0.2) is 42.9 Å². The van der Waals surface area contributed by atoms with Crippen LogP contribution in [0.3, 0.4) is 0 Å². The summed E-state index contributed by atoms with van der Waals surface area (Å²) >= 11 is 5.48. The number of aromatic nitrogens is 2. The van der Waals surface area contributed by atoms with Gasteiger partial charge in [0.15, 0.2) is 5.11 Å². The third-order valence-electron chi connectivity index (χ3n) is 3.73. The Labute approximate surface area is 124 Å². The fourth-order valence-electron chi connectivity index (χ4n) is 2.81. The molecule has 4 nitrogen and oxygen atoms in total. The molecule has 3 rings (SSSR count). The number of pyridine rings is 1. The van der Waals surface area contributed by atoms with Crippen molar-refractivity contribution in [3.8, 4) is 0 Å². The second kappa shape index (κ2) is 5.25. The summed E-state index contributed by atoms with van der Waals surface area (Å²) in [5.74, 6) is 0. The maximum atomic E-state index is 5.48. The van der Waals surface area contributed by atoms with Crippen molar-refractivity contribution in [3.05, 3.63) is 54.1 Å². The van der Waals surface area contributed by atoms with Gasteiger partial charge in [-0.2, -0.15) is 0 Å². The smallest absolute Gasteiger partial charge is 0.170 e. The van der Waals surface area contributed by atoms with Crippen LogP contribution in [0.25, 0.3) is 0 Å². The molecule has 0 bridgehead atoms. The van der Waals surface area contributed by atoms with Crippen LogP contribution < -0.4 is 5.32 Å². The first-order chi connectivity index (χ1) is 9.70. The van der Waals surface area contributed by atoms with E-state index in [1.807, 2.05) is 25.4 Å². The van der Waals surface area contributed by atoms with Gasteiger partial charge in [0.2, 0.25) is 0 Å². The summed E-state index contributed by atoms with van der Waals surface area (Å²) in [6.45, 7) is 3.01. The molecule has 1 fully saturated rings. The normalized spacial score (nSPS) is 22.1. The van der Waals surface area contributed by atoms with Gasteiger partial charge in [-0.15, -0.1) is 0 Å². The lowest BCUT2D eigenvalue weighted by molar-refractivity contribution is 0.330. The first kappa shape index (κ1) is 13.1. The monoisotopic (exact) mass is 286 g/mol. The molecule has 0 radical (unpaired) electrons. The molecule has 5 heteroatoms. The molecule has 0 unspecified atom stereocenters. The number of hydrogen-bond acceptors (Lipinski definition) is 2. The molecule has 0 saturated carbocycles. The minimum atomic E-state index is 0.103. The van der Waals surface area contributed by atoms with Crippen molar-refractivity contribution >= 4 is 17.3 Å². The van der Waals surface area contributed by atoms with Gasteiger partial charge in [0.1, 0.15) is 0 Å². The second-order valence-corrected chi connectivity index (χ2v) is 5.41. The Hall–Kier alpha value is -1.88. The number of rotatable bonds is 3. The van der Waals surface area contributed by atoms with Crippen LogP contribution in [-0.2, 0) is 7.05 Å². The number of hydrogen-bond donors (Lipinski definition) is 1. The van der Waals surface area contributed by atoms with Crippen LogP contribution in [0.4, 0.5) is 0 Å². The zero-order valence-corrected chi connectivity index (χ0v) is 12.5. The first-order valence-electron chi connectivity index (χ1n) is 6.80. The topological polar surface area (TPSA) is 33.1 Å². The summed E-state index contributed by atoms with van der Waals surface area (Å²) in [5.41, 5.74) is 2.29. The Morgan fingerprint density at radius 3 is 2.80 bits per heavy atom. The number of likely N-dealkylation sites (N-methyl/N-ethyl adjacent to an activating group) is 1. The van der Waals surface area contributed by atoms with E-state index in [9.17, 15) is 0 Å². The SMILES string of the molecule is CCN1C(=S)N[C@@H](c2ccccn2)[C@H]1c1ccn(C)c1. The Kier molecular flexibility index (Phi) is 3.44. The summed E-state index contributed by atoms with van der Waals surface area (Å²) in [5, 5.41) is 4.22. The summed E-state index contributed by atoms with van der Waals surface area (Å²) in [6, 6.07) is 8.46. The van der Waals surface area contributed by atoms with Crippen LogP contribution in [0.2, 0.25) is 0 Å². The van der Waals surface area contributed by atoms with E-state index in [0.29, 0.717) is 0 Å². The second-order valence-electron chi connectivity index (χ2n) is 5.02. The molecule has 1 saturated heterocycles. The van der Waals surface area contributed by atoms with Crippen molar-refractivity contribution in [2.75, 3.05) is 6.54 Å². The molecule has 104 valence electrons. The molecule has 0 aromatic carbocycles. The van der Waals surface area contributed by atoms with Gasteiger partial charge >= 0.3 is 0 Å². The summed E-state index contributed by atoms with van der Waals surface area (Å²) in [6.07, 6.45) is 6.05. The molecule has 2 aromatic heterocycles. The van der Waals surface area contributed by atoms with Crippen molar-refractivity contribution in [2.45, 2.75) is 19.0 Å². The molecule has 0 spiro atoms. The Bertz CT molecular complexity index is 607. The van der Waals surface area contributed by atoms with Crippen molar-refractivity contribution in [1.29, 1.82) is 0 Å². The Morgan fingerprint density at radius 1 is 1.35 bits per heavy atom. The first-order valence-corrected chi connectivity index (χ1v) is 7.21. The maximum Gasteiger partial charge on any atom is 0.170 e. The average molecular weight is 286 g/mol. The molecule has 1 aliphatic heterocycles. The lowest BCUT2D eigenvalue weighted by Gasteiger charge is -2.25. The molecule has 1 N–H and O–H groups in total. The van der Waals surface area contributed by atoms with Gasteiger partial charge in [-0.3, -0.25) is 4.98 Å². The zero-order chi connectivity index (χ0) is 14.1. The van der Waals surface area contributed by atoms with E-state index in [0.717, 1.165) is 17.4 Å². The molecule has 20 heavy (non-hydrogen) atoms. The van der Waals surface area contributed by atoms with Crippen LogP contribution in [0.5, 0.6) is 0 Å². The third kappa shape index (κ3) is 2.18. The van der Waals surface area contributed by atoms with Crippen LogP contribution in [0, 0.1) is 0 Å². The number of nitrogens with one attached hydrogen (secondary N) is 1. The number of aryl methyl sites for hydroxylation is 1. The molecule has 2 atom stereocenters. The van der Waals surface area contributed by atoms with E-state index in [1.54, 1.807) is 0 Å². The highest BCUT2D eigenvalue weighted by atomic mass is 32.1. The van der Waals surface area contributed by atoms with Crippen molar-refractivity contribution in [2.24, 2.45) is 7.05 Å². The van der Waals surface area contributed by atoms with Crippen LogP contribution >= 0.6 is 12.2 Å². The molecule has 0 aliphatic carbocycles. The summed E-state index contributed by atoms with van der Waals surface area (Å²) in [7, 11) is 2.04. The van der Waals surface area contributed by atoms with E-state index in [1.165, 1.54) is 5.56 Å². The van der Waals surface area contributed by atoms with Gasteiger partial charge in [0.25, 0.3) is 0 Å². The minimum absolute atomic E-state index is 0.103. The lowest BCUT2D eigenvalue weighted by Crippen LogP contribution is -2.29. The summed E-state index contributed by atoms with van der Waals surface area (Å²) in [4.78, 5) is 6.72. The molecular weight excluding hydrogens is 268 g/mol. The van der Waals surface area contributed by atoms with Gasteiger partial charge < -0.3 is 14.8 Å². The average Bonchev–Trinajstić information content (AvgIpc) is 3.03. The van der Waals surface area contributed by atoms with E-state index in [4.69, 9.17) is 12.2 Å². The van der Waals surface area contributed by atoms with Crippen LogP contribution in [0.1, 0.15) is 30.3 Å². The molecule has 1 aliphatic rings. The highest BCUT2D eigenvalue weighted by Crippen LogP contribution is 2.38. The predicted octanol–water partition coefficient (Wildman–Crippen LogP) is 2.41. The predicted molar refractivity (Wildman–Crippen MR) is 83.2 cm³/mol. The van der Waals surface area contributed by atoms with Gasteiger partial charge in [0.05, 0.1) is 17.8 Å². The van der Waals surface area contributed by atoms with E-state index >= 15 is 0 Å². The Morgan fingerprint density at radius 2 is 2.20 bits per heavy atom. The fraction of sp³-hybridized carbons (Fsp3) is 0.333. The zero-order valence-electron chi connectivity index (χ0n) is 11.7. The van der Waals surface area contributed by atoms with Gasteiger partial charge in [-0.1, -0.05) is 6.07 Å². The van der Waals surface area contributed by atoms with Crippen molar-refractivity contribution < 1.29 is 0 Å². The Balaban J connectivity index is 2.02. The number of nitrogens with zero attached hydrogens (tertiary/aromatic N) is 3.